The maximum atomic E-state index is 12.6. The molecule has 2 heterocycles. The van der Waals surface area contributed by atoms with Crippen LogP contribution in [0.4, 0.5) is 0 Å². The van der Waals surface area contributed by atoms with Crippen LogP contribution in [0.3, 0.4) is 0 Å². The average Bonchev–Trinajstić information content (AvgIpc) is 3.25. The lowest BCUT2D eigenvalue weighted by atomic mass is 10.1. The van der Waals surface area contributed by atoms with Gasteiger partial charge in [0.15, 0.2) is 0 Å². The topological polar surface area (TPSA) is 51.9 Å². The maximum absolute atomic E-state index is 12.6. The van der Waals surface area contributed by atoms with Gasteiger partial charge in [-0.2, -0.15) is 5.10 Å². The summed E-state index contributed by atoms with van der Waals surface area (Å²) in [5.74, 6) is -0.0513. The van der Waals surface area contributed by atoms with Crippen molar-refractivity contribution in [2.45, 2.75) is 33.9 Å². The fraction of sp³-hybridized carbons (Fsp3) is 0.250. The number of amides is 1. The molecule has 0 aliphatic heterocycles. The second-order valence-electron chi connectivity index (χ2n) is 7.47. The SMILES string of the molecule is Cc1c(C)n(Cc2ccccc2)c2ccc(C(=O)NCCn3nccc3C)cc12. The van der Waals surface area contributed by atoms with Crippen LogP contribution in [0.1, 0.15) is 32.9 Å². The van der Waals surface area contributed by atoms with Gasteiger partial charge in [0.25, 0.3) is 5.91 Å². The van der Waals surface area contributed by atoms with Crippen LogP contribution in [0.25, 0.3) is 10.9 Å². The molecule has 1 N–H and O–H groups in total. The summed E-state index contributed by atoms with van der Waals surface area (Å²) in [6, 6.07) is 18.4. The van der Waals surface area contributed by atoms with E-state index >= 15 is 0 Å². The Morgan fingerprint density at radius 3 is 2.55 bits per heavy atom. The lowest BCUT2D eigenvalue weighted by Gasteiger charge is -2.10. The Morgan fingerprint density at radius 1 is 1.03 bits per heavy atom. The van der Waals surface area contributed by atoms with E-state index < -0.39 is 0 Å². The molecular weight excluding hydrogens is 360 g/mol. The number of benzene rings is 2. The molecule has 0 atom stereocenters. The van der Waals surface area contributed by atoms with Crippen LogP contribution in [0.5, 0.6) is 0 Å². The van der Waals surface area contributed by atoms with Crippen molar-refractivity contribution in [1.82, 2.24) is 19.7 Å². The number of aryl methyl sites for hydroxylation is 2. The van der Waals surface area contributed by atoms with Gasteiger partial charge in [0.2, 0.25) is 0 Å². The predicted molar refractivity (Wildman–Crippen MR) is 116 cm³/mol. The number of carbonyl (C=O) groups is 1. The molecule has 0 saturated heterocycles. The molecule has 1 amide bonds. The molecular formula is C24H26N4O. The van der Waals surface area contributed by atoms with Gasteiger partial charge in [-0.25, -0.2) is 0 Å². The van der Waals surface area contributed by atoms with E-state index in [0.717, 1.165) is 23.1 Å². The molecule has 0 aliphatic rings. The summed E-state index contributed by atoms with van der Waals surface area (Å²) in [5.41, 5.74) is 6.66. The third kappa shape index (κ3) is 3.81. The standard InChI is InChI=1S/C24H26N4O/c1-17-11-12-26-28(17)14-13-25-24(29)21-9-10-23-22(15-21)18(2)19(3)27(23)16-20-7-5-4-6-8-20/h4-12,15H,13-14,16H2,1-3H3,(H,25,29). The normalized spacial score (nSPS) is 11.1. The highest BCUT2D eigenvalue weighted by atomic mass is 16.1. The first-order chi connectivity index (χ1) is 14.0. The van der Waals surface area contributed by atoms with Crippen LogP contribution < -0.4 is 5.32 Å². The first-order valence-corrected chi connectivity index (χ1v) is 9.94. The molecule has 4 aromatic rings. The van der Waals surface area contributed by atoms with Gasteiger partial charge < -0.3 is 9.88 Å². The fourth-order valence-corrected chi connectivity index (χ4v) is 3.77. The van der Waals surface area contributed by atoms with Gasteiger partial charge in [-0.3, -0.25) is 9.48 Å². The van der Waals surface area contributed by atoms with Crippen LogP contribution in [-0.2, 0) is 13.1 Å². The van der Waals surface area contributed by atoms with E-state index in [4.69, 9.17) is 0 Å². The zero-order valence-corrected chi connectivity index (χ0v) is 17.1. The highest BCUT2D eigenvalue weighted by Crippen LogP contribution is 2.27. The van der Waals surface area contributed by atoms with E-state index in [1.807, 2.05) is 35.9 Å². The van der Waals surface area contributed by atoms with Crippen molar-refractivity contribution in [1.29, 1.82) is 0 Å². The maximum Gasteiger partial charge on any atom is 0.251 e. The van der Waals surface area contributed by atoms with Crippen molar-refractivity contribution in [2.24, 2.45) is 0 Å². The third-order valence-electron chi connectivity index (χ3n) is 5.62. The fourth-order valence-electron chi connectivity index (χ4n) is 3.77. The molecule has 0 saturated carbocycles. The summed E-state index contributed by atoms with van der Waals surface area (Å²) >= 11 is 0. The van der Waals surface area contributed by atoms with E-state index in [2.05, 4.69) is 59.2 Å². The third-order valence-corrected chi connectivity index (χ3v) is 5.62. The Hall–Kier alpha value is -3.34. The molecule has 5 heteroatoms. The van der Waals surface area contributed by atoms with Gasteiger partial charge in [0.1, 0.15) is 0 Å². The van der Waals surface area contributed by atoms with Gasteiger partial charge in [-0.15, -0.1) is 0 Å². The molecule has 2 aromatic carbocycles. The predicted octanol–water partition coefficient (Wildman–Crippen LogP) is 4.24. The monoisotopic (exact) mass is 386 g/mol. The van der Waals surface area contributed by atoms with E-state index in [1.165, 1.54) is 16.8 Å². The highest BCUT2D eigenvalue weighted by molar-refractivity contribution is 5.99. The van der Waals surface area contributed by atoms with Crippen molar-refractivity contribution < 1.29 is 4.79 Å². The number of rotatable bonds is 6. The van der Waals surface area contributed by atoms with Crippen molar-refractivity contribution >= 4 is 16.8 Å². The summed E-state index contributed by atoms with van der Waals surface area (Å²) in [6.45, 7) is 8.32. The zero-order valence-electron chi connectivity index (χ0n) is 17.1. The zero-order chi connectivity index (χ0) is 20.4. The minimum absolute atomic E-state index is 0.0513. The van der Waals surface area contributed by atoms with E-state index in [1.54, 1.807) is 6.20 Å². The Kier molecular flexibility index (Phi) is 5.21. The molecule has 4 rings (SSSR count). The van der Waals surface area contributed by atoms with Crippen LogP contribution in [0, 0.1) is 20.8 Å². The summed E-state index contributed by atoms with van der Waals surface area (Å²) < 4.78 is 4.21. The molecule has 0 radical (unpaired) electrons. The number of carbonyl (C=O) groups excluding carboxylic acids is 1. The molecule has 0 unspecified atom stereocenters. The number of nitrogens with one attached hydrogen (secondary N) is 1. The summed E-state index contributed by atoms with van der Waals surface area (Å²) in [4.78, 5) is 12.6. The minimum Gasteiger partial charge on any atom is -0.350 e. The molecule has 0 aliphatic carbocycles. The lowest BCUT2D eigenvalue weighted by Crippen LogP contribution is -2.27. The quantitative estimate of drug-likeness (QED) is 0.539. The first kappa shape index (κ1) is 19.0. The smallest absolute Gasteiger partial charge is 0.251 e. The second kappa shape index (κ2) is 7.95. The number of nitrogens with zero attached hydrogens (tertiary/aromatic N) is 3. The molecule has 0 spiro atoms. The van der Waals surface area contributed by atoms with E-state index in [0.29, 0.717) is 18.7 Å². The van der Waals surface area contributed by atoms with Crippen LogP contribution in [0.2, 0.25) is 0 Å². The van der Waals surface area contributed by atoms with Gasteiger partial charge in [0, 0.05) is 47.1 Å². The summed E-state index contributed by atoms with van der Waals surface area (Å²) in [5, 5.41) is 8.38. The number of aromatic nitrogens is 3. The summed E-state index contributed by atoms with van der Waals surface area (Å²) in [6.07, 6.45) is 1.77. The van der Waals surface area contributed by atoms with E-state index in [9.17, 15) is 4.79 Å². The Morgan fingerprint density at radius 2 is 1.83 bits per heavy atom. The van der Waals surface area contributed by atoms with Crippen molar-refractivity contribution in [2.75, 3.05) is 6.54 Å². The minimum atomic E-state index is -0.0513. The lowest BCUT2D eigenvalue weighted by molar-refractivity contribution is 0.0952. The van der Waals surface area contributed by atoms with Crippen LogP contribution in [0.15, 0.2) is 60.8 Å². The van der Waals surface area contributed by atoms with Crippen molar-refractivity contribution in [3.63, 3.8) is 0 Å². The Balaban J connectivity index is 1.53. The number of fused-ring (bicyclic) bond motifs is 1. The van der Waals surface area contributed by atoms with Crippen LogP contribution in [-0.4, -0.2) is 26.8 Å². The second-order valence-corrected chi connectivity index (χ2v) is 7.47. The average molecular weight is 386 g/mol. The van der Waals surface area contributed by atoms with Crippen molar-refractivity contribution in [3.8, 4) is 0 Å². The molecule has 29 heavy (non-hydrogen) atoms. The number of hydrogen-bond donors (Lipinski definition) is 1. The molecule has 5 nitrogen and oxygen atoms in total. The largest absolute Gasteiger partial charge is 0.350 e. The number of hydrogen-bond acceptors (Lipinski definition) is 2. The summed E-state index contributed by atoms with van der Waals surface area (Å²) in [7, 11) is 0. The van der Waals surface area contributed by atoms with Crippen molar-refractivity contribution in [3.05, 3.63) is 88.9 Å². The Labute approximate surface area is 171 Å². The highest BCUT2D eigenvalue weighted by Gasteiger charge is 2.14. The molecule has 2 aromatic heterocycles. The molecule has 148 valence electrons. The van der Waals surface area contributed by atoms with Crippen LogP contribution >= 0.6 is 0 Å². The Bertz CT molecular complexity index is 1150. The van der Waals surface area contributed by atoms with Gasteiger partial charge in [0.05, 0.1) is 6.54 Å². The molecule has 0 fully saturated rings. The van der Waals surface area contributed by atoms with E-state index in [-0.39, 0.29) is 5.91 Å². The van der Waals surface area contributed by atoms with Gasteiger partial charge in [-0.05, 0) is 56.2 Å². The van der Waals surface area contributed by atoms with Gasteiger partial charge >= 0.3 is 0 Å². The molecule has 0 bridgehead atoms. The first-order valence-electron chi connectivity index (χ1n) is 9.94. The van der Waals surface area contributed by atoms with Gasteiger partial charge in [-0.1, -0.05) is 30.3 Å².